The van der Waals surface area contributed by atoms with Crippen molar-refractivity contribution in [1.29, 1.82) is 0 Å². The number of pyridine rings is 1. The van der Waals surface area contributed by atoms with E-state index in [1.807, 2.05) is 0 Å². The lowest BCUT2D eigenvalue weighted by Crippen LogP contribution is -2.10. The highest BCUT2D eigenvalue weighted by atomic mass is 35.5. The third-order valence-electron chi connectivity index (χ3n) is 2.24. The summed E-state index contributed by atoms with van der Waals surface area (Å²) in [6, 6.07) is 1.28. The maximum Gasteiger partial charge on any atom is 0.312 e. The number of hydrogen-bond acceptors (Lipinski definition) is 5. The topological polar surface area (TPSA) is 77.3 Å². The summed E-state index contributed by atoms with van der Waals surface area (Å²) >= 11 is 5.68. The number of anilines is 1. The molecule has 0 aliphatic heterocycles. The Labute approximate surface area is 117 Å². The second kappa shape index (κ2) is 7.91. The normalized spacial score (nSPS) is 10.7. The van der Waals surface area contributed by atoms with Crippen molar-refractivity contribution >= 4 is 23.1 Å². The Bertz CT molecular complexity index is 427. The van der Waals surface area contributed by atoms with Gasteiger partial charge in [-0.15, -0.1) is 0 Å². The van der Waals surface area contributed by atoms with Crippen LogP contribution >= 0.6 is 11.6 Å². The van der Waals surface area contributed by atoms with Crippen LogP contribution in [-0.2, 0) is 4.74 Å². The summed E-state index contributed by atoms with van der Waals surface area (Å²) < 4.78 is 5.41. The van der Waals surface area contributed by atoms with Crippen molar-refractivity contribution in [3.8, 4) is 0 Å². The molecule has 0 spiro atoms. The maximum atomic E-state index is 10.8. The first-order valence-electron chi connectivity index (χ1n) is 6.12. The molecule has 19 heavy (non-hydrogen) atoms. The maximum absolute atomic E-state index is 10.8. The average Bonchev–Trinajstić information content (AvgIpc) is 2.34. The summed E-state index contributed by atoms with van der Waals surface area (Å²) in [5, 5.41) is 14.0. The van der Waals surface area contributed by atoms with Crippen molar-refractivity contribution < 1.29 is 9.66 Å². The Morgan fingerprint density at radius 1 is 1.58 bits per heavy atom. The Balaban J connectivity index is 2.39. The van der Waals surface area contributed by atoms with Gasteiger partial charge in [-0.05, 0) is 12.3 Å². The van der Waals surface area contributed by atoms with Gasteiger partial charge in [-0.1, -0.05) is 25.4 Å². The number of nitrogens with one attached hydrogen (secondary N) is 1. The molecular weight excluding hydrogens is 270 g/mol. The third-order valence-corrected chi connectivity index (χ3v) is 2.45. The van der Waals surface area contributed by atoms with Crippen LogP contribution in [0.1, 0.15) is 20.3 Å². The van der Waals surface area contributed by atoms with Crippen molar-refractivity contribution in [1.82, 2.24) is 4.98 Å². The Morgan fingerprint density at radius 2 is 2.32 bits per heavy atom. The molecule has 0 aromatic carbocycles. The number of ether oxygens (including phenoxy) is 1. The summed E-state index contributed by atoms with van der Waals surface area (Å²) in [6.45, 7) is 6.07. The van der Waals surface area contributed by atoms with E-state index in [1.54, 1.807) is 0 Å². The lowest BCUT2D eigenvalue weighted by molar-refractivity contribution is -0.384. The molecule has 0 fully saturated rings. The molecule has 7 heteroatoms. The van der Waals surface area contributed by atoms with Gasteiger partial charge in [0.25, 0.3) is 0 Å². The van der Waals surface area contributed by atoms with E-state index in [0.717, 1.165) is 13.0 Å². The van der Waals surface area contributed by atoms with Gasteiger partial charge < -0.3 is 10.1 Å². The van der Waals surface area contributed by atoms with E-state index in [-0.39, 0.29) is 16.5 Å². The van der Waals surface area contributed by atoms with Crippen molar-refractivity contribution in [2.75, 3.05) is 25.1 Å². The Hall–Kier alpha value is -1.40. The van der Waals surface area contributed by atoms with Gasteiger partial charge in [-0.3, -0.25) is 10.1 Å². The van der Waals surface area contributed by atoms with Crippen molar-refractivity contribution in [2.45, 2.75) is 20.3 Å². The number of hydrogen-bond donors (Lipinski definition) is 1. The van der Waals surface area contributed by atoms with Crippen LogP contribution in [0.5, 0.6) is 0 Å². The monoisotopic (exact) mass is 287 g/mol. The third kappa shape index (κ3) is 5.85. The number of nitro groups is 1. The van der Waals surface area contributed by atoms with E-state index >= 15 is 0 Å². The van der Waals surface area contributed by atoms with E-state index in [4.69, 9.17) is 16.3 Å². The molecule has 0 radical (unpaired) electrons. The fourth-order valence-electron chi connectivity index (χ4n) is 1.40. The highest BCUT2D eigenvalue weighted by Crippen LogP contribution is 2.24. The molecule has 0 saturated heterocycles. The van der Waals surface area contributed by atoms with Gasteiger partial charge in [0, 0.05) is 32.0 Å². The van der Waals surface area contributed by atoms with Gasteiger partial charge in [0.2, 0.25) is 5.82 Å². The number of aromatic nitrogens is 1. The van der Waals surface area contributed by atoms with Gasteiger partial charge in [0.05, 0.1) is 9.95 Å². The van der Waals surface area contributed by atoms with Crippen molar-refractivity contribution in [3.05, 3.63) is 27.4 Å². The molecule has 1 N–H and O–H groups in total. The molecule has 0 saturated carbocycles. The predicted molar refractivity (Wildman–Crippen MR) is 74.7 cm³/mol. The second-order valence-electron chi connectivity index (χ2n) is 4.53. The molecule has 106 valence electrons. The van der Waals surface area contributed by atoms with E-state index in [2.05, 4.69) is 24.1 Å². The van der Waals surface area contributed by atoms with Gasteiger partial charge in [0.1, 0.15) is 0 Å². The first kappa shape index (κ1) is 15.7. The molecule has 1 heterocycles. The zero-order valence-corrected chi connectivity index (χ0v) is 11.8. The fraction of sp³-hybridized carbons (Fsp3) is 0.583. The summed E-state index contributed by atoms with van der Waals surface area (Å²) in [5.74, 6) is 0.741. The van der Waals surface area contributed by atoms with Crippen molar-refractivity contribution in [2.24, 2.45) is 5.92 Å². The number of rotatable bonds is 8. The highest BCUT2D eigenvalue weighted by molar-refractivity contribution is 6.30. The summed E-state index contributed by atoms with van der Waals surface area (Å²) in [5.41, 5.74) is -0.115. The lowest BCUT2D eigenvalue weighted by atomic mass is 10.2. The molecule has 6 nitrogen and oxygen atoms in total. The molecule has 1 aromatic heterocycles. The Kier molecular flexibility index (Phi) is 6.52. The van der Waals surface area contributed by atoms with E-state index in [1.165, 1.54) is 12.3 Å². The fourth-order valence-corrected chi connectivity index (χ4v) is 1.56. The van der Waals surface area contributed by atoms with Crippen molar-refractivity contribution in [3.63, 3.8) is 0 Å². The van der Waals surface area contributed by atoms with Crippen LogP contribution in [0.15, 0.2) is 12.3 Å². The first-order chi connectivity index (χ1) is 9.00. The van der Waals surface area contributed by atoms with E-state index in [9.17, 15) is 10.1 Å². The summed E-state index contributed by atoms with van der Waals surface area (Å²) in [6.07, 6.45) is 2.14. The smallest absolute Gasteiger partial charge is 0.312 e. The van der Waals surface area contributed by atoms with Crippen LogP contribution in [0.2, 0.25) is 5.02 Å². The molecule has 0 unspecified atom stereocenters. The molecular formula is C12H18ClN3O3. The Morgan fingerprint density at radius 3 is 2.95 bits per heavy atom. The van der Waals surface area contributed by atoms with Crippen LogP contribution in [0, 0.1) is 16.0 Å². The minimum atomic E-state index is -0.503. The largest absolute Gasteiger partial charge is 0.381 e. The zero-order valence-electron chi connectivity index (χ0n) is 11.1. The first-order valence-corrected chi connectivity index (χ1v) is 6.50. The minimum absolute atomic E-state index is 0.115. The molecule has 0 atom stereocenters. The standard InChI is InChI=1S/C12H18ClN3O3/c1-9(2)8-19-5-3-4-14-12-11(16(17)18)6-10(13)7-15-12/h6-7,9H,3-5,8H2,1-2H3,(H,14,15). The SMILES string of the molecule is CC(C)COCCCNc1ncc(Cl)cc1[N+](=O)[O-]. The molecule has 1 rings (SSSR count). The quantitative estimate of drug-likeness (QED) is 0.451. The van der Waals surface area contributed by atoms with Crippen LogP contribution in [0.3, 0.4) is 0 Å². The van der Waals surface area contributed by atoms with Crippen LogP contribution in [-0.4, -0.2) is 29.7 Å². The lowest BCUT2D eigenvalue weighted by Gasteiger charge is -2.08. The summed E-state index contributed by atoms with van der Waals surface area (Å²) in [7, 11) is 0. The van der Waals surface area contributed by atoms with Crippen LogP contribution in [0.25, 0.3) is 0 Å². The predicted octanol–water partition coefficient (Wildman–Crippen LogP) is 3.12. The zero-order chi connectivity index (χ0) is 14.3. The average molecular weight is 288 g/mol. The van der Waals surface area contributed by atoms with Gasteiger partial charge in [0.15, 0.2) is 0 Å². The highest BCUT2D eigenvalue weighted by Gasteiger charge is 2.15. The van der Waals surface area contributed by atoms with Gasteiger partial charge in [-0.25, -0.2) is 4.98 Å². The number of nitrogens with zero attached hydrogens (tertiary/aromatic N) is 2. The summed E-state index contributed by atoms with van der Waals surface area (Å²) in [4.78, 5) is 14.2. The molecule has 0 aliphatic carbocycles. The van der Waals surface area contributed by atoms with Gasteiger partial charge >= 0.3 is 5.69 Å². The van der Waals surface area contributed by atoms with Crippen LogP contribution in [0.4, 0.5) is 11.5 Å². The molecule has 0 amide bonds. The molecule has 0 aliphatic rings. The molecule has 0 bridgehead atoms. The molecule has 1 aromatic rings. The number of halogens is 1. The van der Waals surface area contributed by atoms with E-state index in [0.29, 0.717) is 19.1 Å². The van der Waals surface area contributed by atoms with Crippen LogP contribution < -0.4 is 5.32 Å². The van der Waals surface area contributed by atoms with E-state index < -0.39 is 4.92 Å². The second-order valence-corrected chi connectivity index (χ2v) is 4.96. The van der Waals surface area contributed by atoms with Gasteiger partial charge in [-0.2, -0.15) is 0 Å². The minimum Gasteiger partial charge on any atom is -0.381 e.